The maximum Gasteiger partial charge on any atom is 0.222 e. The molecule has 0 aliphatic rings. The third kappa shape index (κ3) is 8.14. The Hall–Kier alpha value is -2.78. The zero-order valence-electron chi connectivity index (χ0n) is 20.8. The molecule has 0 fully saturated rings. The van der Waals surface area contributed by atoms with E-state index in [9.17, 15) is 9.50 Å². The van der Waals surface area contributed by atoms with Gasteiger partial charge in [0.05, 0.1) is 24.9 Å². The second-order valence-electron chi connectivity index (χ2n) is 8.49. The summed E-state index contributed by atoms with van der Waals surface area (Å²) in [5.74, 6) is 0.753. The number of aromatic nitrogens is 2. The fourth-order valence-corrected chi connectivity index (χ4v) is 3.76. The van der Waals surface area contributed by atoms with Crippen LogP contribution in [0.5, 0.6) is 11.6 Å². The lowest BCUT2D eigenvalue weighted by atomic mass is 10.1. The van der Waals surface area contributed by atoms with Crippen molar-refractivity contribution in [3.63, 3.8) is 0 Å². The summed E-state index contributed by atoms with van der Waals surface area (Å²) in [4.78, 5) is 2.11. The SMILES string of the molecule is CCCCOC[C@@H](O)CN(CCOC)Cc1c(-c2ccccc2)nn(C)c1Oc1ccc(F)cc1. The van der Waals surface area contributed by atoms with Crippen LogP contribution in [-0.2, 0) is 23.1 Å². The standard InChI is InChI=1S/C27H36FN3O4/c1-4-5-16-34-20-23(32)18-31(15-17-33-3)19-25-26(21-9-7-6-8-10-21)29-30(2)27(25)35-24-13-11-22(28)12-14-24/h6-14,23,32H,4-5,15-20H2,1-3H3/t23-/m0/s1. The molecule has 0 bridgehead atoms. The van der Waals surface area contributed by atoms with E-state index in [0.29, 0.717) is 44.5 Å². The second kappa shape index (κ2) is 13.9. The minimum absolute atomic E-state index is 0.279. The monoisotopic (exact) mass is 485 g/mol. The highest BCUT2D eigenvalue weighted by Gasteiger charge is 2.23. The number of benzene rings is 2. The summed E-state index contributed by atoms with van der Waals surface area (Å²) in [6, 6.07) is 15.8. The molecule has 0 aliphatic carbocycles. The molecule has 35 heavy (non-hydrogen) atoms. The second-order valence-corrected chi connectivity index (χ2v) is 8.49. The lowest BCUT2D eigenvalue weighted by Crippen LogP contribution is -2.36. The molecular formula is C27H36FN3O4. The molecule has 1 aromatic heterocycles. The first-order chi connectivity index (χ1) is 17.0. The number of hydrogen-bond acceptors (Lipinski definition) is 6. The van der Waals surface area contributed by atoms with E-state index in [1.807, 2.05) is 37.4 Å². The average Bonchev–Trinajstić information content (AvgIpc) is 3.17. The molecule has 0 amide bonds. The van der Waals surface area contributed by atoms with Crippen molar-refractivity contribution >= 4 is 0 Å². The fourth-order valence-electron chi connectivity index (χ4n) is 3.76. The van der Waals surface area contributed by atoms with Crippen LogP contribution >= 0.6 is 0 Å². The Kier molecular flexibility index (Phi) is 10.7. The number of unbranched alkanes of at least 4 members (excludes halogenated alkanes) is 1. The van der Waals surface area contributed by atoms with E-state index < -0.39 is 6.10 Å². The van der Waals surface area contributed by atoms with Crippen LogP contribution in [0.4, 0.5) is 4.39 Å². The smallest absolute Gasteiger partial charge is 0.222 e. The molecule has 2 aromatic carbocycles. The van der Waals surface area contributed by atoms with Gasteiger partial charge in [-0.25, -0.2) is 9.07 Å². The molecule has 190 valence electrons. The number of aliphatic hydroxyl groups is 1. The Labute approximate surface area is 207 Å². The van der Waals surface area contributed by atoms with Gasteiger partial charge in [-0.15, -0.1) is 0 Å². The zero-order chi connectivity index (χ0) is 25.0. The number of halogens is 1. The first-order valence-electron chi connectivity index (χ1n) is 12.0. The van der Waals surface area contributed by atoms with Crippen LogP contribution in [0.2, 0.25) is 0 Å². The molecule has 0 spiro atoms. The largest absolute Gasteiger partial charge is 0.439 e. The first kappa shape index (κ1) is 26.8. The van der Waals surface area contributed by atoms with Crippen LogP contribution in [0.25, 0.3) is 11.3 Å². The number of rotatable bonds is 15. The molecule has 7 nitrogen and oxygen atoms in total. The van der Waals surface area contributed by atoms with Crippen molar-refractivity contribution in [1.29, 1.82) is 0 Å². The number of ether oxygens (including phenoxy) is 3. The van der Waals surface area contributed by atoms with Gasteiger partial charge in [0.15, 0.2) is 0 Å². The van der Waals surface area contributed by atoms with Gasteiger partial charge in [-0.2, -0.15) is 5.10 Å². The van der Waals surface area contributed by atoms with Gasteiger partial charge < -0.3 is 19.3 Å². The van der Waals surface area contributed by atoms with Crippen LogP contribution in [0.1, 0.15) is 25.3 Å². The molecule has 0 saturated carbocycles. The minimum atomic E-state index is -0.637. The van der Waals surface area contributed by atoms with E-state index in [0.717, 1.165) is 29.7 Å². The minimum Gasteiger partial charge on any atom is -0.439 e. The van der Waals surface area contributed by atoms with Gasteiger partial charge in [0.2, 0.25) is 5.88 Å². The van der Waals surface area contributed by atoms with Gasteiger partial charge in [0, 0.05) is 46.0 Å². The van der Waals surface area contributed by atoms with E-state index in [-0.39, 0.29) is 12.4 Å². The summed E-state index contributed by atoms with van der Waals surface area (Å²) < 4.78 is 32.3. The van der Waals surface area contributed by atoms with Gasteiger partial charge in [0.1, 0.15) is 17.3 Å². The number of aliphatic hydroxyl groups excluding tert-OH is 1. The molecule has 8 heteroatoms. The Morgan fingerprint density at radius 2 is 1.83 bits per heavy atom. The highest BCUT2D eigenvalue weighted by atomic mass is 19.1. The Bertz CT molecular complexity index is 1010. The van der Waals surface area contributed by atoms with Crippen LogP contribution in [-0.4, -0.2) is 65.9 Å². The molecule has 0 radical (unpaired) electrons. The molecular weight excluding hydrogens is 449 g/mol. The number of nitrogens with zero attached hydrogens (tertiary/aromatic N) is 3. The van der Waals surface area contributed by atoms with Crippen LogP contribution in [0.3, 0.4) is 0 Å². The molecule has 0 saturated heterocycles. The summed E-state index contributed by atoms with van der Waals surface area (Å²) in [7, 11) is 3.48. The average molecular weight is 486 g/mol. The van der Waals surface area contributed by atoms with Crippen molar-refractivity contribution in [2.75, 3.05) is 40.0 Å². The quantitative estimate of drug-likeness (QED) is 0.316. The molecule has 1 N–H and O–H groups in total. The molecule has 3 aromatic rings. The van der Waals surface area contributed by atoms with Crippen molar-refractivity contribution in [2.45, 2.75) is 32.4 Å². The van der Waals surface area contributed by atoms with Crippen molar-refractivity contribution in [3.05, 3.63) is 66.0 Å². The normalized spacial score (nSPS) is 12.3. The van der Waals surface area contributed by atoms with Crippen molar-refractivity contribution < 1.29 is 23.7 Å². The van der Waals surface area contributed by atoms with Crippen molar-refractivity contribution in [2.24, 2.45) is 7.05 Å². The third-order valence-electron chi connectivity index (χ3n) is 5.58. The maximum absolute atomic E-state index is 13.4. The molecule has 0 unspecified atom stereocenters. The number of methoxy groups -OCH3 is 1. The lowest BCUT2D eigenvalue weighted by molar-refractivity contribution is 0.0101. The van der Waals surface area contributed by atoms with Crippen LogP contribution in [0.15, 0.2) is 54.6 Å². The van der Waals surface area contributed by atoms with Gasteiger partial charge >= 0.3 is 0 Å². The van der Waals surface area contributed by atoms with Crippen LogP contribution < -0.4 is 4.74 Å². The fraction of sp³-hybridized carbons (Fsp3) is 0.444. The lowest BCUT2D eigenvalue weighted by Gasteiger charge is -2.25. The van der Waals surface area contributed by atoms with Gasteiger partial charge in [-0.1, -0.05) is 43.7 Å². The molecule has 0 aliphatic heterocycles. The van der Waals surface area contributed by atoms with Crippen molar-refractivity contribution in [3.8, 4) is 22.9 Å². The Balaban J connectivity index is 1.88. The highest BCUT2D eigenvalue weighted by molar-refractivity contribution is 5.65. The Morgan fingerprint density at radius 1 is 1.09 bits per heavy atom. The summed E-state index contributed by atoms with van der Waals surface area (Å²) in [6.45, 7) is 5.04. The summed E-state index contributed by atoms with van der Waals surface area (Å²) in [5, 5.41) is 15.4. The molecule has 1 atom stereocenters. The summed E-state index contributed by atoms with van der Waals surface area (Å²) >= 11 is 0. The zero-order valence-corrected chi connectivity index (χ0v) is 20.8. The predicted molar refractivity (Wildman–Crippen MR) is 134 cm³/mol. The maximum atomic E-state index is 13.4. The van der Waals surface area contributed by atoms with Gasteiger partial charge in [0.25, 0.3) is 0 Å². The van der Waals surface area contributed by atoms with E-state index >= 15 is 0 Å². The van der Waals surface area contributed by atoms with E-state index in [1.165, 1.54) is 12.1 Å². The summed E-state index contributed by atoms with van der Waals surface area (Å²) in [6.07, 6.45) is 1.39. The Morgan fingerprint density at radius 3 is 2.51 bits per heavy atom. The van der Waals surface area contributed by atoms with Crippen molar-refractivity contribution in [1.82, 2.24) is 14.7 Å². The first-order valence-corrected chi connectivity index (χ1v) is 12.0. The van der Waals surface area contributed by atoms with E-state index in [1.54, 1.807) is 23.9 Å². The molecule has 3 rings (SSSR count). The van der Waals surface area contributed by atoms with E-state index in [2.05, 4.69) is 11.8 Å². The summed E-state index contributed by atoms with van der Waals surface area (Å²) in [5.41, 5.74) is 2.63. The van der Waals surface area contributed by atoms with Crippen LogP contribution in [0, 0.1) is 5.82 Å². The van der Waals surface area contributed by atoms with E-state index in [4.69, 9.17) is 19.3 Å². The number of aryl methyl sites for hydroxylation is 1. The highest BCUT2D eigenvalue weighted by Crippen LogP contribution is 2.34. The van der Waals surface area contributed by atoms with Gasteiger partial charge in [-0.3, -0.25) is 4.90 Å². The number of hydrogen-bond donors (Lipinski definition) is 1. The topological polar surface area (TPSA) is 69.0 Å². The molecule has 1 heterocycles. The predicted octanol–water partition coefficient (Wildman–Crippen LogP) is 4.64. The van der Waals surface area contributed by atoms with Gasteiger partial charge in [-0.05, 0) is 30.7 Å². The third-order valence-corrected chi connectivity index (χ3v) is 5.58.